The van der Waals surface area contributed by atoms with Crippen molar-refractivity contribution in [2.75, 3.05) is 10.6 Å². The van der Waals surface area contributed by atoms with Gasteiger partial charge in [0.1, 0.15) is 0 Å². The molecule has 0 unspecified atom stereocenters. The molecule has 7 nitrogen and oxygen atoms in total. The van der Waals surface area contributed by atoms with Gasteiger partial charge in [-0.15, -0.1) is 5.10 Å². The number of hydrogen-bond acceptors (Lipinski definition) is 4. The molecule has 0 saturated heterocycles. The largest absolute Gasteiger partial charge is 0.326 e. The fourth-order valence-corrected chi connectivity index (χ4v) is 2.36. The number of urea groups is 1. The summed E-state index contributed by atoms with van der Waals surface area (Å²) < 4.78 is 0. The number of hydrogen-bond donors (Lipinski definition) is 2. The van der Waals surface area contributed by atoms with Crippen LogP contribution >= 0.6 is 0 Å². The van der Waals surface area contributed by atoms with Crippen LogP contribution in [-0.2, 0) is 6.54 Å². The number of benzene rings is 2. The van der Waals surface area contributed by atoms with Gasteiger partial charge in [-0.1, -0.05) is 53.6 Å². The molecule has 0 fully saturated rings. The van der Waals surface area contributed by atoms with Crippen molar-refractivity contribution in [3.05, 3.63) is 65.2 Å². The number of rotatable bonds is 4. The summed E-state index contributed by atoms with van der Waals surface area (Å²) in [6, 6.07) is 15.2. The zero-order chi connectivity index (χ0) is 16.9. The van der Waals surface area contributed by atoms with Crippen LogP contribution < -0.4 is 10.6 Å². The second-order valence-electron chi connectivity index (χ2n) is 5.47. The number of nitrogens with zero attached hydrogens (tertiary/aromatic N) is 4. The van der Waals surface area contributed by atoms with E-state index in [1.807, 2.05) is 62.4 Å². The second kappa shape index (κ2) is 6.91. The van der Waals surface area contributed by atoms with Crippen LogP contribution in [0.15, 0.2) is 48.5 Å². The smallest absolute Gasteiger partial charge is 0.307 e. The molecule has 2 amide bonds. The van der Waals surface area contributed by atoms with Crippen molar-refractivity contribution >= 4 is 17.7 Å². The first-order valence-corrected chi connectivity index (χ1v) is 7.58. The lowest BCUT2D eigenvalue weighted by atomic mass is 10.1. The summed E-state index contributed by atoms with van der Waals surface area (Å²) in [5, 5.41) is 17.4. The zero-order valence-corrected chi connectivity index (χ0v) is 13.5. The minimum Gasteiger partial charge on any atom is -0.307 e. The van der Waals surface area contributed by atoms with Gasteiger partial charge in [-0.25, -0.2) is 4.79 Å². The van der Waals surface area contributed by atoms with Crippen molar-refractivity contribution in [1.29, 1.82) is 0 Å². The molecule has 0 aliphatic heterocycles. The number of para-hydroxylation sites is 1. The number of carbonyl (C=O) groups is 1. The van der Waals surface area contributed by atoms with Crippen LogP contribution in [0.25, 0.3) is 0 Å². The molecule has 2 aromatic carbocycles. The van der Waals surface area contributed by atoms with Gasteiger partial charge in [0.25, 0.3) is 5.95 Å². The SMILES string of the molecule is Cc1cccc(C)c1NC(=O)Nc1nnn(Cc2ccccc2)n1. The standard InChI is InChI=1S/C17H18N6O/c1-12-7-6-8-13(2)15(12)18-17(24)19-16-20-22-23(21-16)11-14-9-4-3-5-10-14/h3-10H,11H2,1-2H3,(H2,18,19,21,24). The first-order chi connectivity index (χ1) is 11.6. The Balaban J connectivity index is 1.63. The van der Waals surface area contributed by atoms with Gasteiger partial charge in [0.15, 0.2) is 0 Å². The Hall–Kier alpha value is -3.22. The Bertz CT molecular complexity index is 823. The Kier molecular flexibility index (Phi) is 4.51. The van der Waals surface area contributed by atoms with Crippen molar-refractivity contribution in [2.45, 2.75) is 20.4 Å². The van der Waals surface area contributed by atoms with Crippen LogP contribution in [0.1, 0.15) is 16.7 Å². The van der Waals surface area contributed by atoms with Crippen molar-refractivity contribution in [1.82, 2.24) is 20.2 Å². The minimum atomic E-state index is -0.397. The third-order valence-corrected chi connectivity index (χ3v) is 3.56. The molecule has 0 aliphatic carbocycles. The van der Waals surface area contributed by atoms with E-state index in [2.05, 4.69) is 26.0 Å². The molecule has 7 heteroatoms. The molecule has 1 heterocycles. The topological polar surface area (TPSA) is 84.7 Å². The lowest BCUT2D eigenvalue weighted by Crippen LogP contribution is -2.21. The minimum absolute atomic E-state index is 0.162. The van der Waals surface area contributed by atoms with Crippen LogP contribution in [0.2, 0.25) is 0 Å². The monoisotopic (exact) mass is 322 g/mol. The van der Waals surface area contributed by atoms with E-state index in [1.165, 1.54) is 4.80 Å². The summed E-state index contributed by atoms with van der Waals surface area (Å²) in [5.41, 5.74) is 3.82. The Morgan fingerprint density at radius 1 is 1.00 bits per heavy atom. The highest BCUT2D eigenvalue weighted by Gasteiger charge is 2.10. The normalized spacial score (nSPS) is 10.4. The number of anilines is 2. The molecular formula is C17H18N6O. The van der Waals surface area contributed by atoms with E-state index in [1.54, 1.807) is 0 Å². The van der Waals surface area contributed by atoms with E-state index in [9.17, 15) is 4.79 Å². The van der Waals surface area contributed by atoms with Gasteiger partial charge < -0.3 is 5.32 Å². The first kappa shape index (κ1) is 15.7. The van der Waals surface area contributed by atoms with Gasteiger partial charge in [-0.05, 0) is 35.8 Å². The molecule has 0 aliphatic rings. The fraction of sp³-hybridized carbons (Fsp3) is 0.176. The third-order valence-electron chi connectivity index (χ3n) is 3.56. The van der Waals surface area contributed by atoms with Crippen LogP contribution in [0, 0.1) is 13.8 Å². The summed E-state index contributed by atoms with van der Waals surface area (Å²) in [6.45, 7) is 4.38. The van der Waals surface area contributed by atoms with Gasteiger partial charge in [-0.2, -0.15) is 4.80 Å². The molecule has 0 saturated carbocycles. The predicted octanol–water partition coefficient (Wildman–Crippen LogP) is 2.98. The number of aryl methyl sites for hydroxylation is 2. The van der Waals surface area contributed by atoms with E-state index < -0.39 is 6.03 Å². The molecule has 2 N–H and O–H groups in total. The average molecular weight is 322 g/mol. The van der Waals surface area contributed by atoms with E-state index in [-0.39, 0.29) is 5.95 Å². The molecule has 0 bridgehead atoms. The molecule has 24 heavy (non-hydrogen) atoms. The second-order valence-corrected chi connectivity index (χ2v) is 5.47. The molecule has 3 aromatic rings. The summed E-state index contributed by atoms with van der Waals surface area (Å²) >= 11 is 0. The summed E-state index contributed by atoms with van der Waals surface area (Å²) in [4.78, 5) is 13.5. The van der Waals surface area contributed by atoms with Crippen LogP contribution in [-0.4, -0.2) is 26.2 Å². The lowest BCUT2D eigenvalue weighted by Gasteiger charge is -2.10. The van der Waals surface area contributed by atoms with Crippen molar-refractivity contribution < 1.29 is 4.79 Å². The highest BCUT2D eigenvalue weighted by atomic mass is 16.2. The van der Waals surface area contributed by atoms with Crippen molar-refractivity contribution in [2.24, 2.45) is 0 Å². The van der Waals surface area contributed by atoms with Crippen LogP contribution in [0.5, 0.6) is 0 Å². The number of carbonyl (C=O) groups excluding carboxylic acids is 1. The van der Waals surface area contributed by atoms with E-state index in [4.69, 9.17) is 0 Å². The van der Waals surface area contributed by atoms with E-state index >= 15 is 0 Å². The Labute approximate surface area is 139 Å². The summed E-state index contributed by atoms with van der Waals surface area (Å²) in [5.74, 6) is 0.162. The van der Waals surface area contributed by atoms with Gasteiger partial charge in [-0.3, -0.25) is 5.32 Å². The van der Waals surface area contributed by atoms with Crippen LogP contribution in [0.3, 0.4) is 0 Å². The molecule has 0 spiro atoms. The van der Waals surface area contributed by atoms with Gasteiger partial charge in [0.05, 0.1) is 6.54 Å². The molecule has 3 rings (SSSR count). The molecule has 0 atom stereocenters. The number of tetrazole rings is 1. The van der Waals surface area contributed by atoms with E-state index in [0.29, 0.717) is 6.54 Å². The molecular weight excluding hydrogens is 304 g/mol. The maximum absolute atomic E-state index is 12.1. The highest BCUT2D eigenvalue weighted by Crippen LogP contribution is 2.19. The van der Waals surface area contributed by atoms with Gasteiger partial charge >= 0.3 is 6.03 Å². The molecule has 122 valence electrons. The van der Waals surface area contributed by atoms with Gasteiger partial charge in [0.2, 0.25) is 0 Å². The fourth-order valence-electron chi connectivity index (χ4n) is 2.36. The third kappa shape index (κ3) is 3.75. The Morgan fingerprint density at radius 2 is 1.71 bits per heavy atom. The van der Waals surface area contributed by atoms with Crippen LogP contribution in [0.4, 0.5) is 16.4 Å². The lowest BCUT2D eigenvalue weighted by molar-refractivity contribution is 0.262. The summed E-state index contributed by atoms with van der Waals surface area (Å²) in [7, 11) is 0. The summed E-state index contributed by atoms with van der Waals surface area (Å²) in [6.07, 6.45) is 0. The Morgan fingerprint density at radius 3 is 2.42 bits per heavy atom. The number of nitrogens with one attached hydrogen (secondary N) is 2. The maximum Gasteiger partial charge on any atom is 0.326 e. The predicted molar refractivity (Wildman–Crippen MR) is 91.9 cm³/mol. The highest BCUT2D eigenvalue weighted by molar-refractivity contribution is 5.99. The maximum atomic E-state index is 12.1. The molecule has 1 aromatic heterocycles. The quantitative estimate of drug-likeness (QED) is 0.773. The first-order valence-electron chi connectivity index (χ1n) is 7.58. The van der Waals surface area contributed by atoms with Crippen molar-refractivity contribution in [3.63, 3.8) is 0 Å². The molecule has 0 radical (unpaired) electrons. The number of amides is 2. The van der Waals surface area contributed by atoms with E-state index in [0.717, 1.165) is 22.4 Å². The van der Waals surface area contributed by atoms with Crippen molar-refractivity contribution in [3.8, 4) is 0 Å². The van der Waals surface area contributed by atoms with Gasteiger partial charge in [0, 0.05) is 5.69 Å². The average Bonchev–Trinajstić information content (AvgIpc) is 2.99. The number of aromatic nitrogens is 4. The zero-order valence-electron chi connectivity index (χ0n) is 13.5.